The van der Waals surface area contributed by atoms with Gasteiger partial charge in [-0.05, 0) is 23.1 Å². The molecule has 7 heteroatoms. The van der Waals surface area contributed by atoms with E-state index >= 15 is 0 Å². The van der Waals surface area contributed by atoms with Gasteiger partial charge in [0.2, 0.25) is 0 Å². The normalized spacial score (nSPS) is 15.4. The molecule has 0 aliphatic rings. The summed E-state index contributed by atoms with van der Waals surface area (Å²) < 4.78 is 50.6. The Hall–Kier alpha value is -0.850. The van der Waals surface area contributed by atoms with Gasteiger partial charge in [0.25, 0.3) is 0 Å². The van der Waals surface area contributed by atoms with Crippen molar-refractivity contribution in [2.24, 2.45) is 11.1 Å². The number of halogens is 5. The number of aliphatic hydroxyl groups is 1. The Labute approximate surface area is 121 Å². The van der Waals surface area contributed by atoms with Gasteiger partial charge in [0.1, 0.15) is 5.82 Å². The average molecular weight is 316 g/mol. The lowest BCUT2D eigenvalue weighted by atomic mass is 9.82. The number of aliphatic hydroxyl groups excluding tert-OH is 1. The molecule has 0 spiro atoms. The van der Waals surface area contributed by atoms with Gasteiger partial charge in [0, 0.05) is 0 Å². The van der Waals surface area contributed by atoms with Crippen LogP contribution in [0.4, 0.5) is 17.6 Å². The van der Waals surface area contributed by atoms with Crippen LogP contribution in [0.3, 0.4) is 0 Å². The van der Waals surface area contributed by atoms with Crippen LogP contribution in [0.1, 0.15) is 37.9 Å². The van der Waals surface area contributed by atoms with Crippen LogP contribution in [-0.2, 0) is 6.18 Å². The summed E-state index contributed by atoms with van der Waals surface area (Å²) in [6.45, 7) is 5.20. The maximum absolute atomic E-state index is 13.4. The minimum absolute atomic E-state index is 0. The second-order valence-corrected chi connectivity index (χ2v) is 5.57. The van der Waals surface area contributed by atoms with Crippen molar-refractivity contribution >= 4 is 12.4 Å². The molecule has 1 aromatic rings. The Bertz CT molecular complexity index is 457. The highest BCUT2D eigenvalue weighted by molar-refractivity contribution is 5.85. The van der Waals surface area contributed by atoms with Crippen molar-refractivity contribution in [3.63, 3.8) is 0 Å². The Kier molecular flexibility index (Phi) is 6.02. The minimum atomic E-state index is -4.74. The van der Waals surface area contributed by atoms with Gasteiger partial charge in [0.15, 0.2) is 0 Å². The molecule has 0 radical (unpaired) electrons. The third-order valence-corrected chi connectivity index (χ3v) is 2.91. The average Bonchev–Trinajstić information content (AvgIpc) is 2.23. The van der Waals surface area contributed by atoms with Gasteiger partial charge in [0.05, 0.1) is 17.7 Å². The molecule has 0 unspecified atom stereocenters. The predicted molar refractivity (Wildman–Crippen MR) is 71.0 cm³/mol. The molecule has 20 heavy (non-hydrogen) atoms. The Morgan fingerprint density at radius 1 is 1.15 bits per heavy atom. The number of hydrogen-bond acceptors (Lipinski definition) is 2. The summed E-state index contributed by atoms with van der Waals surface area (Å²) in [7, 11) is 0. The molecule has 2 atom stereocenters. The highest BCUT2D eigenvalue weighted by Gasteiger charge is 2.35. The smallest absolute Gasteiger partial charge is 0.391 e. The molecule has 3 N–H and O–H groups in total. The maximum Gasteiger partial charge on any atom is 0.419 e. The van der Waals surface area contributed by atoms with Crippen LogP contribution in [-0.4, -0.2) is 11.2 Å². The number of rotatable bonds is 2. The van der Waals surface area contributed by atoms with Crippen LogP contribution in [0.15, 0.2) is 18.2 Å². The Morgan fingerprint density at radius 2 is 1.65 bits per heavy atom. The summed E-state index contributed by atoms with van der Waals surface area (Å²) in [5, 5.41) is 9.96. The molecule has 0 aromatic heterocycles. The Balaban J connectivity index is 0.00000361. The molecule has 0 aliphatic heterocycles. The van der Waals surface area contributed by atoms with E-state index in [0.29, 0.717) is 6.07 Å². The fourth-order valence-corrected chi connectivity index (χ4v) is 1.69. The standard InChI is InChI=1S/C13H17F4NO.ClH/c1-12(2,3)11(19)10(18)7-4-5-8(9(14)6-7)13(15,16)17;/h4-6,10-11,19H,18H2,1-3H3;1H/t10-,11-;/m1./s1. The quantitative estimate of drug-likeness (QED) is 0.818. The molecule has 0 saturated heterocycles. The second kappa shape index (κ2) is 6.28. The third-order valence-electron chi connectivity index (χ3n) is 2.91. The van der Waals surface area contributed by atoms with E-state index in [1.165, 1.54) is 0 Å². The van der Waals surface area contributed by atoms with Crippen LogP contribution in [0.5, 0.6) is 0 Å². The van der Waals surface area contributed by atoms with E-state index in [1.54, 1.807) is 20.8 Å². The first kappa shape index (κ1) is 19.1. The zero-order valence-electron chi connectivity index (χ0n) is 11.3. The first-order valence-electron chi connectivity index (χ1n) is 5.75. The van der Waals surface area contributed by atoms with Gasteiger partial charge >= 0.3 is 6.18 Å². The van der Waals surface area contributed by atoms with Gasteiger partial charge < -0.3 is 10.8 Å². The van der Waals surface area contributed by atoms with Crippen LogP contribution in [0, 0.1) is 11.2 Å². The molecule has 1 aromatic carbocycles. The number of alkyl halides is 3. The van der Waals surface area contributed by atoms with Gasteiger partial charge in [-0.2, -0.15) is 13.2 Å². The van der Waals surface area contributed by atoms with E-state index in [2.05, 4.69) is 0 Å². The first-order chi connectivity index (χ1) is 8.44. The molecular formula is C13H18ClF4NO. The second-order valence-electron chi connectivity index (χ2n) is 5.57. The van der Waals surface area contributed by atoms with Crippen LogP contribution in [0.25, 0.3) is 0 Å². The molecule has 2 nitrogen and oxygen atoms in total. The van der Waals surface area contributed by atoms with Crippen molar-refractivity contribution < 1.29 is 22.7 Å². The summed E-state index contributed by atoms with van der Waals surface area (Å²) in [5.41, 5.74) is 3.99. The van der Waals surface area contributed by atoms with E-state index in [9.17, 15) is 22.7 Å². The maximum atomic E-state index is 13.4. The Morgan fingerprint density at radius 3 is 2.00 bits per heavy atom. The van der Waals surface area contributed by atoms with Crippen molar-refractivity contribution in [3.8, 4) is 0 Å². The molecule has 0 saturated carbocycles. The molecule has 0 heterocycles. The third kappa shape index (κ3) is 4.33. The molecule has 1 rings (SSSR count). The largest absolute Gasteiger partial charge is 0.419 e. The molecule has 0 amide bonds. The summed E-state index contributed by atoms with van der Waals surface area (Å²) >= 11 is 0. The zero-order chi connectivity index (χ0) is 15.0. The fourth-order valence-electron chi connectivity index (χ4n) is 1.69. The monoisotopic (exact) mass is 315 g/mol. The van der Waals surface area contributed by atoms with Crippen LogP contribution in [0.2, 0.25) is 0 Å². The fraction of sp³-hybridized carbons (Fsp3) is 0.538. The summed E-state index contributed by atoms with van der Waals surface area (Å²) in [5.74, 6) is -1.39. The SMILES string of the molecule is CC(C)(C)[C@H](O)[C@H](N)c1ccc(C(F)(F)F)c(F)c1.Cl. The van der Waals surface area contributed by atoms with Crippen molar-refractivity contribution in [2.45, 2.75) is 39.1 Å². The van der Waals surface area contributed by atoms with Gasteiger partial charge in [-0.15, -0.1) is 12.4 Å². The highest BCUT2D eigenvalue weighted by Crippen LogP contribution is 2.34. The highest BCUT2D eigenvalue weighted by atomic mass is 35.5. The lowest BCUT2D eigenvalue weighted by Gasteiger charge is -2.31. The predicted octanol–water partition coefficient (Wildman–Crippen LogP) is 3.67. The zero-order valence-corrected chi connectivity index (χ0v) is 12.1. The summed E-state index contributed by atoms with van der Waals surface area (Å²) in [6, 6.07) is 1.50. The van der Waals surface area contributed by atoms with Gasteiger partial charge in [-0.3, -0.25) is 0 Å². The molecule has 0 bridgehead atoms. The lowest BCUT2D eigenvalue weighted by Crippen LogP contribution is -2.37. The number of benzene rings is 1. The first-order valence-corrected chi connectivity index (χ1v) is 5.75. The molecule has 0 aliphatic carbocycles. The van der Waals surface area contributed by atoms with Crippen molar-refractivity contribution in [1.82, 2.24) is 0 Å². The van der Waals surface area contributed by atoms with E-state index in [4.69, 9.17) is 5.73 Å². The van der Waals surface area contributed by atoms with Crippen molar-refractivity contribution in [2.75, 3.05) is 0 Å². The molecular weight excluding hydrogens is 298 g/mol. The molecule has 0 fully saturated rings. The number of hydrogen-bond donors (Lipinski definition) is 2. The topological polar surface area (TPSA) is 46.2 Å². The van der Waals surface area contributed by atoms with E-state index in [0.717, 1.165) is 12.1 Å². The van der Waals surface area contributed by atoms with Gasteiger partial charge in [-0.25, -0.2) is 4.39 Å². The van der Waals surface area contributed by atoms with Crippen LogP contribution < -0.4 is 5.73 Å². The van der Waals surface area contributed by atoms with E-state index in [1.807, 2.05) is 0 Å². The van der Waals surface area contributed by atoms with E-state index < -0.39 is 35.1 Å². The minimum Gasteiger partial charge on any atom is -0.391 e. The summed E-state index contributed by atoms with van der Waals surface area (Å²) in [6.07, 6.45) is -5.74. The van der Waals surface area contributed by atoms with Gasteiger partial charge in [-0.1, -0.05) is 26.8 Å². The van der Waals surface area contributed by atoms with E-state index in [-0.39, 0.29) is 18.0 Å². The van der Waals surface area contributed by atoms with Crippen molar-refractivity contribution in [3.05, 3.63) is 35.1 Å². The van der Waals surface area contributed by atoms with Crippen molar-refractivity contribution in [1.29, 1.82) is 0 Å². The summed E-state index contributed by atoms with van der Waals surface area (Å²) in [4.78, 5) is 0. The molecule has 116 valence electrons. The number of nitrogens with two attached hydrogens (primary N) is 1. The lowest BCUT2D eigenvalue weighted by molar-refractivity contribution is -0.140. The van der Waals surface area contributed by atoms with Crippen LogP contribution >= 0.6 is 12.4 Å².